The molecule has 4 heterocycles. The Morgan fingerprint density at radius 3 is 2.79 bits per heavy atom. The van der Waals surface area contributed by atoms with Crippen molar-refractivity contribution in [2.24, 2.45) is 0 Å². The number of nitrogens with zero attached hydrogens (tertiary/aromatic N) is 5. The number of amides is 2. The Bertz CT molecular complexity index is 752. The third kappa shape index (κ3) is 4.04. The summed E-state index contributed by atoms with van der Waals surface area (Å²) in [5, 5.41) is 0. The van der Waals surface area contributed by atoms with Crippen LogP contribution in [0.5, 0.6) is 0 Å². The highest BCUT2D eigenvalue weighted by Crippen LogP contribution is 2.27. The number of fused-ring (bicyclic) bond motifs is 1. The van der Waals surface area contributed by atoms with E-state index in [-0.39, 0.29) is 17.7 Å². The molecule has 2 saturated heterocycles. The molecule has 3 aliphatic rings. The molecule has 28 heavy (non-hydrogen) atoms. The number of carbonyl (C=O) groups excluding carboxylic acids is 2. The van der Waals surface area contributed by atoms with E-state index in [0.29, 0.717) is 19.1 Å². The van der Waals surface area contributed by atoms with Crippen LogP contribution in [0.4, 0.5) is 0 Å². The smallest absolute Gasteiger partial charge is 0.236 e. The first-order valence-electron chi connectivity index (χ1n) is 10.6. The summed E-state index contributed by atoms with van der Waals surface area (Å²) >= 11 is 0. The van der Waals surface area contributed by atoms with Crippen LogP contribution in [0.2, 0.25) is 0 Å². The molecule has 152 valence electrons. The van der Waals surface area contributed by atoms with Crippen molar-refractivity contribution in [1.29, 1.82) is 0 Å². The van der Waals surface area contributed by atoms with Gasteiger partial charge in [0.05, 0.1) is 12.2 Å². The van der Waals surface area contributed by atoms with Crippen LogP contribution < -0.4 is 0 Å². The molecule has 1 aromatic heterocycles. The van der Waals surface area contributed by atoms with Gasteiger partial charge in [-0.3, -0.25) is 14.5 Å². The van der Waals surface area contributed by atoms with Gasteiger partial charge in [0.1, 0.15) is 5.82 Å². The number of likely N-dealkylation sites (tertiary alicyclic amines) is 2. The van der Waals surface area contributed by atoms with E-state index in [2.05, 4.69) is 16.8 Å². The average Bonchev–Trinajstić information content (AvgIpc) is 3.19. The number of piperidine rings is 1. The minimum Gasteiger partial charge on any atom is -0.341 e. The van der Waals surface area contributed by atoms with E-state index in [4.69, 9.17) is 4.98 Å². The molecule has 4 rings (SSSR count). The minimum absolute atomic E-state index is 0.0997. The Kier molecular flexibility index (Phi) is 5.62. The van der Waals surface area contributed by atoms with Crippen molar-refractivity contribution in [3.8, 4) is 0 Å². The first-order chi connectivity index (χ1) is 13.5. The Labute approximate surface area is 167 Å². The molecule has 0 N–H and O–H groups in total. The van der Waals surface area contributed by atoms with Gasteiger partial charge in [-0.05, 0) is 32.7 Å². The van der Waals surface area contributed by atoms with Crippen LogP contribution in [0.25, 0.3) is 0 Å². The van der Waals surface area contributed by atoms with Crippen LogP contribution in [-0.2, 0) is 22.6 Å². The van der Waals surface area contributed by atoms with Crippen molar-refractivity contribution in [3.63, 3.8) is 0 Å². The van der Waals surface area contributed by atoms with Gasteiger partial charge in [0.25, 0.3) is 0 Å². The largest absolute Gasteiger partial charge is 0.341 e. The van der Waals surface area contributed by atoms with Gasteiger partial charge < -0.3 is 9.80 Å². The molecule has 1 aromatic rings. The Morgan fingerprint density at radius 2 is 2.00 bits per heavy atom. The van der Waals surface area contributed by atoms with Crippen molar-refractivity contribution in [2.75, 3.05) is 32.7 Å². The van der Waals surface area contributed by atoms with Gasteiger partial charge in [0.2, 0.25) is 11.8 Å². The fourth-order valence-electron chi connectivity index (χ4n) is 4.66. The van der Waals surface area contributed by atoms with Crippen molar-refractivity contribution in [2.45, 2.75) is 64.5 Å². The molecule has 2 amide bonds. The van der Waals surface area contributed by atoms with E-state index in [1.807, 2.05) is 16.0 Å². The molecule has 2 fully saturated rings. The molecule has 0 aliphatic carbocycles. The van der Waals surface area contributed by atoms with E-state index in [1.165, 1.54) is 19.3 Å². The highest BCUT2D eigenvalue weighted by molar-refractivity contribution is 5.78. The van der Waals surface area contributed by atoms with E-state index in [9.17, 15) is 9.59 Å². The maximum Gasteiger partial charge on any atom is 0.236 e. The Hall–Kier alpha value is -2.02. The number of hydrogen-bond donors (Lipinski definition) is 0. The van der Waals surface area contributed by atoms with Crippen molar-refractivity contribution >= 4 is 11.8 Å². The Balaban J connectivity index is 1.36. The maximum absolute atomic E-state index is 12.8. The van der Waals surface area contributed by atoms with Gasteiger partial charge in [0, 0.05) is 63.2 Å². The van der Waals surface area contributed by atoms with E-state index in [1.54, 1.807) is 6.92 Å². The van der Waals surface area contributed by atoms with Crippen LogP contribution in [0.15, 0.2) is 6.20 Å². The third-order valence-corrected chi connectivity index (χ3v) is 6.58. The second-order valence-electron chi connectivity index (χ2n) is 8.53. The van der Waals surface area contributed by atoms with E-state index in [0.717, 1.165) is 56.1 Å². The van der Waals surface area contributed by atoms with Crippen LogP contribution in [0.1, 0.15) is 62.5 Å². The van der Waals surface area contributed by atoms with Crippen molar-refractivity contribution in [3.05, 3.63) is 23.3 Å². The fraction of sp³-hybridized carbons (Fsp3) is 0.714. The number of aromatic nitrogens is 2. The molecule has 7 nitrogen and oxygen atoms in total. The van der Waals surface area contributed by atoms with Gasteiger partial charge in [-0.1, -0.05) is 6.42 Å². The zero-order valence-corrected chi connectivity index (χ0v) is 17.1. The molecule has 0 bridgehead atoms. The zero-order valence-electron chi connectivity index (χ0n) is 17.1. The lowest BCUT2D eigenvalue weighted by Gasteiger charge is -2.33. The molecule has 0 saturated carbocycles. The van der Waals surface area contributed by atoms with Crippen LogP contribution in [-0.4, -0.2) is 75.2 Å². The summed E-state index contributed by atoms with van der Waals surface area (Å²) in [4.78, 5) is 39.9. The van der Waals surface area contributed by atoms with Gasteiger partial charge in [0.15, 0.2) is 0 Å². The topological polar surface area (TPSA) is 69.6 Å². The molecular weight excluding hydrogens is 354 g/mol. The summed E-state index contributed by atoms with van der Waals surface area (Å²) in [6.07, 6.45) is 7.26. The Morgan fingerprint density at radius 1 is 1.14 bits per heavy atom. The lowest BCUT2D eigenvalue weighted by molar-refractivity contribution is -0.132. The number of hydrogen-bond acceptors (Lipinski definition) is 5. The normalized spacial score (nSPS) is 25.6. The lowest BCUT2D eigenvalue weighted by Crippen LogP contribution is -2.45. The molecule has 0 spiro atoms. The zero-order chi connectivity index (χ0) is 19.7. The number of rotatable bonds is 3. The molecule has 7 heteroatoms. The fourth-order valence-corrected chi connectivity index (χ4v) is 4.66. The predicted octanol–water partition coefficient (Wildman–Crippen LogP) is 1.57. The molecule has 0 unspecified atom stereocenters. The predicted molar refractivity (Wildman–Crippen MR) is 106 cm³/mol. The molecular formula is C21H31N5O2. The van der Waals surface area contributed by atoms with Gasteiger partial charge in [-0.2, -0.15) is 0 Å². The maximum atomic E-state index is 12.8. The van der Waals surface area contributed by atoms with Crippen LogP contribution in [0, 0.1) is 0 Å². The van der Waals surface area contributed by atoms with Crippen molar-refractivity contribution in [1.82, 2.24) is 24.7 Å². The minimum atomic E-state index is 0.0997. The number of carbonyl (C=O) groups is 2. The monoisotopic (exact) mass is 385 g/mol. The molecule has 0 aromatic carbocycles. The van der Waals surface area contributed by atoms with E-state index < -0.39 is 0 Å². The highest BCUT2D eigenvalue weighted by atomic mass is 16.2. The van der Waals surface area contributed by atoms with Crippen LogP contribution in [0.3, 0.4) is 0 Å². The third-order valence-electron chi connectivity index (χ3n) is 6.58. The summed E-state index contributed by atoms with van der Waals surface area (Å²) in [5.41, 5.74) is 2.12. The first-order valence-corrected chi connectivity index (χ1v) is 10.6. The molecule has 3 aliphatic heterocycles. The van der Waals surface area contributed by atoms with Gasteiger partial charge in [-0.25, -0.2) is 9.97 Å². The SMILES string of the molecule is CC(=O)N1CCc2nc([C@H]3CCN(C(=O)CN4CCCC[C@H]4C)C3)ncc2C1. The highest BCUT2D eigenvalue weighted by Gasteiger charge is 2.32. The van der Waals surface area contributed by atoms with E-state index >= 15 is 0 Å². The molecule has 0 radical (unpaired) electrons. The second-order valence-corrected chi connectivity index (χ2v) is 8.53. The lowest BCUT2D eigenvalue weighted by atomic mass is 10.0. The van der Waals surface area contributed by atoms with Gasteiger partial charge >= 0.3 is 0 Å². The summed E-state index contributed by atoms with van der Waals surface area (Å²) in [7, 11) is 0. The summed E-state index contributed by atoms with van der Waals surface area (Å²) in [6.45, 7) is 8.26. The second kappa shape index (κ2) is 8.15. The average molecular weight is 386 g/mol. The van der Waals surface area contributed by atoms with Gasteiger partial charge in [-0.15, -0.1) is 0 Å². The standard InChI is InChI=1S/C21H31N5O2/c1-15-5-3-4-8-24(15)14-20(28)26-9-6-17(12-26)21-22-11-18-13-25(16(2)27)10-7-19(18)23-21/h11,15,17H,3-10,12-14H2,1-2H3/t15-,17+/m1/s1. The summed E-state index contributed by atoms with van der Waals surface area (Å²) in [5.74, 6) is 1.42. The quantitative estimate of drug-likeness (QED) is 0.790. The molecule has 2 atom stereocenters. The van der Waals surface area contributed by atoms with Crippen molar-refractivity contribution < 1.29 is 9.59 Å². The first kappa shape index (κ1) is 19.3. The summed E-state index contributed by atoms with van der Waals surface area (Å²) in [6, 6.07) is 0.509. The van der Waals surface area contributed by atoms with Crippen LogP contribution >= 0.6 is 0 Å². The summed E-state index contributed by atoms with van der Waals surface area (Å²) < 4.78 is 0.